The smallest absolute Gasteiger partial charge is 0.397 e. The Balaban J connectivity index is 2.16. The Labute approximate surface area is 225 Å². The molecule has 0 atom stereocenters. The van der Waals surface area contributed by atoms with Gasteiger partial charge < -0.3 is 5.11 Å². The first-order valence-electron chi connectivity index (χ1n) is 10.0. The van der Waals surface area contributed by atoms with Crippen LogP contribution in [0, 0.1) is 10.1 Å². The molecule has 0 unspecified atom stereocenters. The van der Waals surface area contributed by atoms with Crippen molar-refractivity contribution in [2.45, 2.75) is 14.7 Å². The molecule has 3 aromatic rings. The van der Waals surface area contributed by atoms with Crippen LogP contribution in [-0.4, -0.2) is 69.7 Å². The molecule has 0 fully saturated rings. The predicted octanol–water partition coefficient (Wildman–Crippen LogP) is 1.96. The van der Waals surface area contributed by atoms with E-state index in [1.807, 2.05) is 0 Å². The molecule has 3 rings (SSSR count). The van der Waals surface area contributed by atoms with E-state index in [1.165, 1.54) is 0 Å². The lowest BCUT2D eigenvalue weighted by Crippen LogP contribution is -2.15. The van der Waals surface area contributed by atoms with Gasteiger partial charge in [0.1, 0.15) is 16.3 Å². The summed E-state index contributed by atoms with van der Waals surface area (Å²) in [4.78, 5) is 7.80. The van der Waals surface area contributed by atoms with Gasteiger partial charge in [-0.1, -0.05) is 6.07 Å². The molecule has 0 aliphatic heterocycles. The van der Waals surface area contributed by atoms with Gasteiger partial charge in [-0.2, -0.15) is 25.3 Å². The van der Waals surface area contributed by atoms with Gasteiger partial charge in [0.2, 0.25) is 0 Å². The second-order valence-electron chi connectivity index (χ2n) is 7.58. The Kier molecular flexibility index (Phi) is 8.29. The maximum Gasteiger partial charge on any atom is 0.397 e. The van der Waals surface area contributed by atoms with Crippen LogP contribution < -0.4 is 0 Å². The molecular formula is C18H15N3O15S4. The van der Waals surface area contributed by atoms with Crippen molar-refractivity contribution >= 4 is 68.3 Å². The zero-order valence-corrected chi connectivity index (χ0v) is 22.5. The molecule has 0 aliphatic rings. The largest absolute Gasteiger partial charge is 0.506 e. The Morgan fingerprint density at radius 2 is 1.48 bits per heavy atom. The van der Waals surface area contributed by atoms with Crippen LogP contribution in [0.3, 0.4) is 0 Å². The number of benzene rings is 3. The van der Waals surface area contributed by atoms with Crippen LogP contribution in [0.25, 0.3) is 10.8 Å². The minimum absolute atomic E-state index is 0.280. The summed E-state index contributed by atoms with van der Waals surface area (Å²) in [6.07, 6.45) is 0. The Morgan fingerprint density at radius 1 is 0.825 bits per heavy atom. The highest BCUT2D eigenvalue weighted by Gasteiger charge is 2.25. The van der Waals surface area contributed by atoms with Crippen LogP contribution in [0.15, 0.2) is 67.4 Å². The molecule has 0 radical (unpaired) electrons. The van der Waals surface area contributed by atoms with Gasteiger partial charge in [-0.15, -0.1) is 10.2 Å². The number of hydrogen-bond donors (Lipinski definition) is 4. The van der Waals surface area contributed by atoms with E-state index in [2.05, 4.69) is 14.4 Å². The number of sulfone groups is 1. The van der Waals surface area contributed by atoms with Crippen molar-refractivity contribution in [2.75, 3.05) is 12.4 Å². The molecule has 4 N–H and O–H groups in total. The number of nitrogens with zero attached hydrogens (tertiary/aromatic N) is 3. The third-order valence-corrected chi connectivity index (χ3v) is 8.78. The molecule has 0 heterocycles. The van der Waals surface area contributed by atoms with Gasteiger partial charge in [0.15, 0.2) is 15.5 Å². The molecule has 0 saturated carbocycles. The number of phenolic OH excluding ortho intramolecular Hbond substituents is 1. The van der Waals surface area contributed by atoms with Crippen molar-refractivity contribution in [3.8, 4) is 5.75 Å². The molecule has 40 heavy (non-hydrogen) atoms. The predicted molar refractivity (Wildman–Crippen MR) is 132 cm³/mol. The van der Waals surface area contributed by atoms with Gasteiger partial charge in [0, 0.05) is 11.5 Å². The highest BCUT2D eigenvalue weighted by molar-refractivity contribution is 7.91. The number of nitro benzene ring substituents is 1. The first-order chi connectivity index (χ1) is 18.2. The number of hydrogen-bond acceptors (Lipinski definition) is 14. The lowest BCUT2D eigenvalue weighted by molar-refractivity contribution is -0.384. The number of azo groups is 1. The van der Waals surface area contributed by atoms with E-state index in [0.717, 1.165) is 30.3 Å². The first kappa shape index (κ1) is 30.9. The van der Waals surface area contributed by atoms with Gasteiger partial charge in [-0.25, -0.2) is 12.6 Å². The average molecular weight is 642 g/mol. The van der Waals surface area contributed by atoms with Crippen molar-refractivity contribution in [3.05, 3.63) is 52.6 Å². The minimum atomic E-state index is -5.22. The molecule has 3 aromatic carbocycles. The standard InChI is InChI=1S/C18H15N3O15S4/c22-15-4-1-10-7-12(38(27,28)29)9-16(39(30,31)32)17(10)18(15)20-19-13-3-2-11(8-14(13)21(23)24)37(25,26)6-5-36-40(33,34)35/h1-4,7-9,22H,5-6H2,(H,27,28,29)(H,30,31,32)(H,33,34,35)/b20-19+. The summed E-state index contributed by atoms with van der Waals surface area (Å²) >= 11 is 0. The fourth-order valence-corrected chi connectivity index (χ4v) is 6.09. The van der Waals surface area contributed by atoms with Gasteiger partial charge in [0.05, 0.1) is 27.1 Å². The summed E-state index contributed by atoms with van der Waals surface area (Å²) in [5.41, 5.74) is -2.28. The van der Waals surface area contributed by atoms with Crippen molar-refractivity contribution < 1.29 is 61.5 Å². The summed E-state index contributed by atoms with van der Waals surface area (Å²) in [6.45, 7) is -1.01. The van der Waals surface area contributed by atoms with Gasteiger partial charge in [0.25, 0.3) is 25.9 Å². The van der Waals surface area contributed by atoms with Gasteiger partial charge >= 0.3 is 10.4 Å². The van der Waals surface area contributed by atoms with Crippen LogP contribution in [-0.2, 0) is 44.7 Å². The lowest BCUT2D eigenvalue weighted by atomic mass is 10.1. The van der Waals surface area contributed by atoms with E-state index in [-0.39, 0.29) is 5.39 Å². The SMILES string of the molecule is O=[N+]([O-])c1cc(S(=O)(=O)CCOS(=O)(=O)O)ccc1/N=N/c1c(O)ccc2cc(S(=O)(=O)O)cc(S(=O)(=O)O)c12. The molecule has 0 spiro atoms. The molecule has 0 aliphatic carbocycles. The fourth-order valence-electron chi connectivity index (χ4n) is 3.22. The summed E-state index contributed by atoms with van der Waals surface area (Å²) in [6, 6.07) is 5.26. The molecule has 18 nitrogen and oxygen atoms in total. The van der Waals surface area contributed by atoms with Crippen LogP contribution in [0.2, 0.25) is 0 Å². The van der Waals surface area contributed by atoms with Crippen molar-refractivity contribution in [1.82, 2.24) is 0 Å². The zero-order valence-electron chi connectivity index (χ0n) is 19.2. The van der Waals surface area contributed by atoms with Crippen molar-refractivity contribution in [2.24, 2.45) is 10.2 Å². The number of rotatable bonds is 10. The summed E-state index contributed by atoms with van der Waals surface area (Å²) < 4.78 is 125. The Hall–Kier alpha value is -3.64. The lowest BCUT2D eigenvalue weighted by Gasteiger charge is -2.10. The molecule has 0 amide bonds. The molecule has 0 aromatic heterocycles. The van der Waals surface area contributed by atoms with Crippen LogP contribution in [0.4, 0.5) is 17.1 Å². The van der Waals surface area contributed by atoms with E-state index in [0.29, 0.717) is 12.1 Å². The van der Waals surface area contributed by atoms with E-state index in [1.54, 1.807) is 0 Å². The van der Waals surface area contributed by atoms with Crippen LogP contribution in [0.1, 0.15) is 0 Å². The summed E-state index contributed by atoms with van der Waals surface area (Å²) in [5, 5.41) is 28.2. The number of fused-ring (bicyclic) bond motifs is 1. The fraction of sp³-hybridized carbons (Fsp3) is 0.111. The monoisotopic (exact) mass is 641 g/mol. The third kappa shape index (κ3) is 7.11. The van der Waals surface area contributed by atoms with E-state index in [9.17, 15) is 58.0 Å². The maximum atomic E-state index is 12.4. The Bertz CT molecular complexity index is 2000. The normalized spacial score (nSPS) is 13.2. The molecular weight excluding hydrogens is 626 g/mol. The van der Waals surface area contributed by atoms with Gasteiger partial charge in [-0.3, -0.25) is 23.8 Å². The van der Waals surface area contributed by atoms with E-state index < -0.39 is 101 Å². The number of nitro groups is 1. The maximum absolute atomic E-state index is 12.4. The molecule has 216 valence electrons. The third-order valence-electron chi connectivity index (χ3n) is 4.93. The van der Waals surface area contributed by atoms with Crippen LogP contribution in [0.5, 0.6) is 5.75 Å². The van der Waals surface area contributed by atoms with Gasteiger partial charge in [-0.05, 0) is 35.7 Å². The second-order valence-corrected chi connectivity index (χ2v) is 13.6. The van der Waals surface area contributed by atoms with E-state index in [4.69, 9.17) is 4.55 Å². The zero-order chi connectivity index (χ0) is 30.3. The average Bonchev–Trinajstić information content (AvgIpc) is 2.80. The quantitative estimate of drug-likeness (QED) is 0.106. The highest BCUT2D eigenvalue weighted by atomic mass is 32.3. The van der Waals surface area contributed by atoms with Crippen molar-refractivity contribution in [3.63, 3.8) is 0 Å². The second kappa shape index (κ2) is 10.7. The molecule has 0 bridgehead atoms. The summed E-state index contributed by atoms with van der Waals surface area (Å²) in [7, 11) is -19.5. The first-order valence-corrected chi connectivity index (χ1v) is 15.9. The number of phenols is 1. The van der Waals surface area contributed by atoms with Crippen LogP contribution >= 0.6 is 0 Å². The topological polar surface area (TPSA) is 295 Å². The van der Waals surface area contributed by atoms with Crippen molar-refractivity contribution in [1.29, 1.82) is 0 Å². The summed E-state index contributed by atoms with van der Waals surface area (Å²) in [5.74, 6) is -1.78. The minimum Gasteiger partial charge on any atom is -0.506 e. The molecule has 22 heteroatoms. The Morgan fingerprint density at radius 3 is 2.02 bits per heavy atom. The van der Waals surface area contributed by atoms with E-state index >= 15 is 0 Å². The molecule has 0 saturated heterocycles. The highest BCUT2D eigenvalue weighted by Crippen LogP contribution is 2.41. The number of aromatic hydroxyl groups is 1.